The van der Waals surface area contributed by atoms with Crippen LogP contribution in [-0.4, -0.2) is 62.8 Å². The third kappa shape index (κ3) is 3.14. The Morgan fingerprint density at radius 2 is 1.92 bits per heavy atom. The van der Waals surface area contributed by atoms with Gasteiger partial charge < -0.3 is 14.9 Å². The minimum absolute atomic E-state index is 0.0822. The third-order valence-electron chi connectivity index (χ3n) is 5.17. The molecule has 1 amide bonds. The van der Waals surface area contributed by atoms with Gasteiger partial charge in [-0.05, 0) is 30.0 Å². The van der Waals surface area contributed by atoms with Crippen LogP contribution in [0.4, 0.5) is 5.82 Å². The Kier molecular flexibility index (Phi) is 4.10. The quantitative estimate of drug-likeness (QED) is 0.879. The SMILES string of the molecule is Cn1cc([C@@H]2C[C@H]2C(=O)N2CCN(c3ccc(C(=O)O)cn3)CC2)cn1. The number of aromatic nitrogens is 3. The van der Waals surface area contributed by atoms with Crippen LogP contribution in [0.1, 0.15) is 28.3 Å². The minimum Gasteiger partial charge on any atom is -0.478 e. The van der Waals surface area contributed by atoms with Crippen LogP contribution in [0.25, 0.3) is 0 Å². The van der Waals surface area contributed by atoms with Gasteiger partial charge >= 0.3 is 5.97 Å². The molecule has 0 unspecified atom stereocenters. The molecule has 2 fully saturated rings. The topological polar surface area (TPSA) is 91.6 Å². The lowest BCUT2D eigenvalue weighted by Gasteiger charge is -2.35. The third-order valence-corrected chi connectivity index (χ3v) is 5.17. The zero-order valence-corrected chi connectivity index (χ0v) is 14.6. The molecular formula is C18H21N5O3. The number of aromatic carboxylic acids is 1. The highest BCUT2D eigenvalue weighted by Crippen LogP contribution is 2.48. The van der Waals surface area contributed by atoms with E-state index in [0.717, 1.165) is 17.8 Å². The summed E-state index contributed by atoms with van der Waals surface area (Å²) in [6, 6.07) is 3.28. The summed E-state index contributed by atoms with van der Waals surface area (Å²) in [4.78, 5) is 31.9. The van der Waals surface area contributed by atoms with Gasteiger partial charge in [0.15, 0.2) is 0 Å². The lowest BCUT2D eigenvalue weighted by Crippen LogP contribution is -2.49. The summed E-state index contributed by atoms with van der Waals surface area (Å²) in [5, 5.41) is 13.1. The normalized spacial score (nSPS) is 22.3. The van der Waals surface area contributed by atoms with E-state index in [2.05, 4.69) is 15.0 Å². The van der Waals surface area contributed by atoms with Gasteiger partial charge in [0.2, 0.25) is 5.91 Å². The van der Waals surface area contributed by atoms with E-state index in [-0.39, 0.29) is 17.4 Å². The van der Waals surface area contributed by atoms with Crippen molar-refractivity contribution in [3.63, 3.8) is 0 Å². The molecule has 0 radical (unpaired) electrons. The number of hydrogen-bond donors (Lipinski definition) is 1. The van der Waals surface area contributed by atoms with Crippen LogP contribution in [0, 0.1) is 5.92 Å². The average Bonchev–Trinajstić information content (AvgIpc) is 3.35. The first-order valence-corrected chi connectivity index (χ1v) is 8.74. The Hall–Kier alpha value is -2.90. The van der Waals surface area contributed by atoms with Gasteiger partial charge in [-0.3, -0.25) is 9.48 Å². The molecule has 1 aliphatic heterocycles. The second kappa shape index (κ2) is 6.44. The second-order valence-electron chi connectivity index (χ2n) is 6.92. The molecule has 8 nitrogen and oxygen atoms in total. The molecule has 3 heterocycles. The summed E-state index contributed by atoms with van der Waals surface area (Å²) in [7, 11) is 1.89. The van der Waals surface area contributed by atoms with Gasteiger partial charge in [-0.25, -0.2) is 9.78 Å². The number of amides is 1. The fraction of sp³-hybridized carbons (Fsp3) is 0.444. The number of pyridine rings is 1. The number of piperazine rings is 1. The smallest absolute Gasteiger partial charge is 0.337 e. The number of hydrogen-bond acceptors (Lipinski definition) is 5. The van der Waals surface area contributed by atoms with Gasteiger partial charge in [0.25, 0.3) is 0 Å². The van der Waals surface area contributed by atoms with Crippen LogP contribution in [0.2, 0.25) is 0 Å². The van der Waals surface area contributed by atoms with Gasteiger partial charge in [0, 0.05) is 51.5 Å². The van der Waals surface area contributed by atoms with Crippen molar-refractivity contribution >= 4 is 17.7 Å². The summed E-state index contributed by atoms with van der Waals surface area (Å²) in [5.74, 6) is 0.389. The molecule has 1 saturated carbocycles. The van der Waals surface area contributed by atoms with Crippen molar-refractivity contribution < 1.29 is 14.7 Å². The molecule has 2 aliphatic rings. The summed E-state index contributed by atoms with van der Waals surface area (Å²) in [5.41, 5.74) is 1.32. The summed E-state index contributed by atoms with van der Waals surface area (Å²) >= 11 is 0. The summed E-state index contributed by atoms with van der Waals surface area (Å²) in [6.07, 6.45) is 6.12. The van der Waals surface area contributed by atoms with E-state index in [1.165, 1.54) is 6.20 Å². The van der Waals surface area contributed by atoms with Crippen molar-refractivity contribution in [1.82, 2.24) is 19.7 Å². The monoisotopic (exact) mass is 355 g/mol. The number of anilines is 1. The van der Waals surface area contributed by atoms with E-state index >= 15 is 0 Å². The van der Waals surface area contributed by atoms with Crippen molar-refractivity contribution in [1.29, 1.82) is 0 Å². The summed E-state index contributed by atoms with van der Waals surface area (Å²) < 4.78 is 1.77. The second-order valence-corrected chi connectivity index (χ2v) is 6.92. The van der Waals surface area contributed by atoms with E-state index in [0.29, 0.717) is 32.1 Å². The highest BCUT2D eigenvalue weighted by Gasteiger charge is 2.46. The lowest BCUT2D eigenvalue weighted by molar-refractivity contribution is -0.133. The predicted octanol–water partition coefficient (Wildman–Crippen LogP) is 0.966. The molecule has 1 aliphatic carbocycles. The molecular weight excluding hydrogens is 334 g/mol. The van der Waals surface area contributed by atoms with Gasteiger partial charge in [-0.15, -0.1) is 0 Å². The molecule has 0 spiro atoms. The minimum atomic E-state index is -0.980. The number of rotatable bonds is 4. The largest absolute Gasteiger partial charge is 0.478 e. The van der Waals surface area contributed by atoms with E-state index in [1.807, 2.05) is 24.3 Å². The molecule has 1 saturated heterocycles. The van der Waals surface area contributed by atoms with Gasteiger partial charge in [-0.1, -0.05) is 0 Å². The molecule has 0 aromatic carbocycles. The molecule has 136 valence electrons. The zero-order chi connectivity index (χ0) is 18.3. The molecule has 2 atom stereocenters. The number of carboxylic acids is 1. The van der Waals surface area contributed by atoms with Crippen LogP contribution in [-0.2, 0) is 11.8 Å². The molecule has 0 bridgehead atoms. The Labute approximate surface area is 151 Å². The van der Waals surface area contributed by atoms with Crippen molar-refractivity contribution in [2.24, 2.45) is 13.0 Å². The average molecular weight is 355 g/mol. The first kappa shape index (κ1) is 16.6. The number of carbonyl (C=O) groups is 2. The zero-order valence-electron chi connectivity index (χ0n) is 14.6. The van der Waals surface area contributed by atoms with Gasteiger partial charge in [0.05, 0.1) is 11.8 Å². The van der Waals surface area contributed by atoms with Crippen LogP contribution in [0.3, 0.4) is 0 Å². The van der Waals surface area contributed by atoms with E-state index < -0.39 is 5.97 Å². The Morgan fingerprint density at radius 1 is 1.15 bits per heavy atom. The van der Waals surface area contributed by atoms with Crippen LogP contribution in [0.5, 0.6) is 0 Å². The molecule has 26 heavy (non-hydrogen) atoms. The Bertz CT molecular complexity index is 824. The van der Waals surface area contributed by atoms with E-state index in [1.54, 1.807) is 16.8 Å². The lowest BCUT2D eigenvalue weighted by atomic mass is 10.1. The van der Waals surface area contributed by atoms with Crippen LogP contribution < -0.4 is 4.90 Å². The summed E-state index contributed by atoms with van der Waals surface area (Å²) in [6.45, 7) is 2.74. The first-order valence-electron chi connectivity index (χ1n) is 8.74. The number of carboxylic acid groups (broad SMARTS) is 1. The standard InChI is InChI=1S/C18H21N5O3/c1-21-11-13(10-20-21)14-8-15(14)17(24)23-6-4-22(5-7-23)16-3-2-12(9-19-16)18(25)26/h2-3,9-11,14-15H,4-8H2,1H3,(H,25,26)/t14-,15+/m0/s1. The Balaban J connectivity index is 1.32. The number of carbonyl (C=O) groups excluding carboxylic acids is 1. The number of aryl methyl sites for hydroxylation is 1. The van der Waals surface area contributed by atoms with E-state index in [9.17, 15) is 9.59 Å². The van der Waals surface area contributed by atoms with Crippen molar-refractivity contribution in [2.75, 3.05) is 31.1 Å². The van der Waals surface area contributed by atoms with Gasteiger partial charge in [0.1, 0.15) is 5.82 Å². The van der Waals surface area contributed by atoms with E-state index in [4.69, 9.17) is 5.11 Å². The first-order chi connectivity index (χ1) is 12.5. The fourth-order valence-electron chi connectivity index (χ4n) is 3.56. The molecule has 8 heteroatoms. The highest BCUT2D eigenvalue weighted by atomic mass is 16.4. The molecule has 1 N–H and O–H groups in total. The van der Waals surface area contributed by atoms with Crippen molar-refractivity contribution in [2.45, 2.75) is 12.3 Å². The maximum Gasteiger partial charge on any atom is 0.337 e. The maximum atomic E-state index is 12.7. The van der Waals surface area contributed by atoms with Crippen LogP contribution >= 0.6 is 0 Å². The van der Waals surface area contributed by atoms with Crippen molar-refractivity contribution in [3.8, 4) is 0 Å². The number of nitrogens with zero attached hydrogens (tertiary/aromatic N) is 5. The fourth-order valence-corrected chi connectivity index (χ4v) is 3.56. The van der Waals surface area contributed by atoms with Crippen LogP contribution in [0.15, 0.2) is 30.7 Å². The molecule has 4 rings (SSSR count). The predicted molar refractivity (Wildman–Crippen MR) is 94.0 cm³/mol. The Morgan fingerprint density at radius 3 is 2.50 bits per heavy atom. The molecule has 2 aromatic heterocycles. The highest BCUT2D eigenvalue weighted by molar-refractivity contribution is 5.87. The maximum absolute atomic E-state index is 12.7. The van der Waals surface area contributed by atoms with Crippen molar-refractivity contribution in [3.05, 3.63) is 41.9 Å². The van der Waals surface area contributed by atoms with Gasteiger partial charge in [-0.2, -0.15) is 5.10 Å². The molecule has 2 aromatic rings.